The van der Waals surface area contributed by atoms with Crippen LogP contribution in [0.15, 0.2) is 15.7 Å². The van der Waals surface area contributed by atoms with Crippen LogP contribution in [0.2, 0.25) is 0 Å². The second kappa shape index (κ2) is 5.66. The first-order valence-electron chi connectivity index (χ1n) is 4.46. The average Bonchev–Trinajstić information content (AvgIpc) is 2.64. The molecule has 0 aromatic carbocycles. The standard InChI is InChI=1S/C8H11N5O2/c1-6-5-7(15-12-6)8(14)10-3-2-4-11-13-9/h5H,2-4H2,1H3,(H,10,14). The van der Waals surface area contributed by atoms with Gasteiger partial charge in [-0.2, -0.15) is 0 Å². The van der Waals surface area contributed by atoms with E-state index in [2.05, 4.69) is 20.5 Å². The number of azide groups is 1. The molecule has 0 bridgehead atoms. The smallest absolute Gasteiger partial charge is 0.289 e. The second-order valence-electron chi connectivity index (χ2n) is 2.90. The number of amides is 1. The van der Waals surface area contributed by atoms with Crippen molar-refractivity contribution in [2.45, 2.75) is 13.3 Å². The van der Waals surface area contributed by atoms with Crippen LogP contribution in [0.1, 0.15) is 22.7 Å². The maximum absolute atomic E-state index is 11.3. The van der Waals surface area contributed by atoms with Crippen molar-refractivity contribution in [3.8, 4) is 0 Å². The average molecular weight is 209 g/mol. The molecule has 1 amide bonds. The number of nitrogens with zero attached hydrogens (tertiary/aromatic N) is 4. The first-order chi connectivity index (χ1) is 7.24. The predicted molar refractivity (Wildman–Crippen MR) is 52.2 cm³/mol. The Labute approximate surface area is 86.1 Å². The van der Waals surface area contributed by atoms with Crippen LogP contribution < -0.4 is 5.32 Å². The van der Waals surface area contributed by atoms with Gasteiger partial charge in [0.2, 0.25) is 5.76 Å². The van der Waals surface area contributed by atoms with Gasteiger partial charge in [0, 0.05) is 24.1 Å². The zero-order valence-corrected chi connectivity index (χ0v) is 8.30. The van der Waals surface area contributed by atoms with E-state index in [-0.39, 0.29) is 11.7 Å². The van der Waals surface area contributed by atoms with E-state index in [4.69, 9.17) is 10.1 Å². The first-order valence-corrected chi connectivity index (χ1v) is 4.46. The molecule has 0 spiro atoms. The van der Waals surface area contributed by atoms with E-state index in [1.54, 1.807) is 13.0 Å². The molecule has 0 atom stereocenters. The SMILES string of the molecule is Cc1cc(C(=O)NCCCN=[N+]=[N-])on1. The highest BCUT2D eigenvalue weighted by molar-refractivity contribution is 5.91. The Hall–Kier alpha value is -2.01. The monoisotopic (exact) mass is 209 g/mol. The molecule has 0 saturated heterocycles. The van der Waals surface area contributed by atoms with Gasteiger partial charge in [0.25, 0.3) is 5.91 Å². The summed E-state index contributed by atoms with van der Waals surface area (Å²) in [6.07, 6.45) is 0.600. The molecule has 1 N–H and O–H groups in total. The van der Waals surface area contributed by atoms with E-state index in [1.165, 1.54) is 0 Å². The lowest BCUT2D eigenvalue weighted by Gasteiger charge is -1.99. The number of hydrogen-bond donors (Lipinski definition) is 1. The molecule has 15 heavy (non-hydrogen) atoms. The third kappa shape index (κ3) is 3.70. The molecule has 0 unspecified atom stereocenters. The zero-order chi connectivity index (χ0) is 11.1. The van der Waals surface area contributed by atoms with E-state index in [0.717, 1.165) is 0 Å². The predicted octanol–water partition coefficient (Wildman–Crippen LogP) is 1.41. The van der Waals surface area contributed by atoms with Crippen molar-refractivity contribution in [1.29, 1.82) is 0 Å². The Bertz CT molecular complexity index is 380. The number of carbonyl (C=O) groups is 1. The molecule has 0 fully saturated rings. The number of aromatic nitrogens is 1. The van der Waals surface area contributed by atoms with Crippen LogP contribution in [0, 0.1) is 6.92 Å². The fraction of sp³-hybridized carbons (Fsp3) is 0.500. The Balaban J connectivity index is 2.27. The summed E-state index contributed by atoms with van der Waals surface area (Å²) >= 11 is 0. The van der Waals surface area contributed by atoms with Gasteiger partial charge in [-0.3, -0.25) is 4.79 Å². The number of aryl methyl sites for hydroxylation is 1. The minimum absolute atomic E-state index is 0.191. The minimum atomic E-state index is -0.309. The second-order valence-corrected chi connectivity index (χ2v) is 2.90. The zero-order valence-electron chi connectivity index (χ0n) is 8.30. The van der Waals surface area contributed by atoms with E-state index >= 15 is 0 Å². The summed E-state index contributed by atoms with van der Waals surface area (Å²) in [4.78, 5) is 13.9. The molecule has 1 rings (SSSR count). The maximum Gasteiger partial charge on any atom is 0.289 e. The maximum atomic E-state index is 11.3. The molecule has 0 aliphatic rings. The molecule has 0 aliphatic heterocycles. The van der Waals surface area contributed by atoms with E-state index in [1.807, 2.05) is 0 Å². The summed E-state index contributed by atoms with van der Waals surface area (Å²) in [5.41, 5.74) is 8.66. The van der Waals surface area contributed by atoms with Crippen LogP contribution in [0.4, 0.5) is 0 Å². The fourth-order valence-electron chi connectivity index (χ4n) is 0.954. The van der Waals surface area contributed by atoms with Crippen LogP contribution >= 0.6 is 0 Å². The van der Waals surface area contributed by atoms with Crippen LogP contribution in [0.5, 0.6) is 0 Å². The van der Waals surface area contributed by atoms with Crippen molar-refractivity contribution in [1.82, 2.24) is 10.5 Å². The van der Waals surface area contributed by atoms with Crippen molar-refractivity contribution < 1.29 is 9.32 Å². The Morgan fingerprint density at radius 3 is 3.20 bits per heavy atom. The molecule has 0 aliphatic carbocycles. The molecular weight excluding hydrogens is 198 g/mol. The van der Waals surface area contributed by atoms with Gasteiger partial charge >= 0.3 is 0 Å². The largest absolute Gasteiger partial charge is 0.351 e. The molecule has 7 nitrogen and oxygen atoms in total. The highest BCUT2D eigenvalue weighted by atomic mass is 16.5. The number of rotatable bonds is 5. The van der Waals surface area contributed by atoms with Gasteiger partial charge < -0.3 is 9.84 Å². The van der Waals surface area contributed by atoms with Crippen LogP contribution in [-0.2, 0) is 0 Å². The normalized spacial score (nSPS) is 9.40. The fourth-order valence-corrected chi connectivity index (χ4v) is 0.954. The summed E-state index contributed by atoms with van der Waals surface area (Å²) in [5.74, 6) is -0.118. The van der Waals surface area contributed by atoms with Gasteiger partial charge in [0.15, 0.2) is 0 Å². The number of nitrogens with one attached hydrogen (secondary N) is 1. The lowest BCUT2D eigenvalue weighted by molar-refractivity contribution is 0.0916. The molecule has 0 saturated carbocycles. The van der Waals surface area contributed by atoms with E-state index < -0.39 is 0 Å². The quantitative estimate of drug-likeness (QED) is 0.343. The molecule has 1 aromatic heterocycles. The summed E-state index contributed by atoms with van der Waals surface area (Å²) in [7, 11) is 0. The van der Waals surface area contributed by atoms with E-state index in [0.29, 0.717) is 25.2 Å². The lowest BCUT2D eigenvalue weighted by Crippen LogP contribution is -2.24. The van der Waals surface area contributed by atoms with Crippen molar-refractivity contribution in [3.63, 3.8) is 0 Å². The summed E-state index contributed by atoms with van der Waals surface area (Å²) in [6.45, 7) is 2.55. The molecule has 1 heterocycles. The summed E-state index contributed by atoms with van der Waals surface area (Å²) in [6, 6.07) is 1.56. The van der Waals surface area contributed by atoms with Crippen molar-refractivity contribution in [2.24, 2.45) is 5.11 Å². The Morgan fingerprint density at radius 2 is 2.60 bits per heavy atom. The highest BCUT2D eigenvalue weighted by Crippen LogP contribution is 2.01. The molecule has 7 heteroatoms. The van der Waals surface area contributed by atoms with Crippen molar-refractivity contribution in [2.75, 3.05) is 13.1 Å². The topological polar surface area (TPSA) is 104 Å². The highest BCUT2D eigenvalue weighted by Gasteiger charge is 2.09. The van der Waals surface area contributed by atoms with Gasteiger partial charge in [0.1, 0.15) is 0 Å². The third-order valence-corrected chi connectivity index (χ3v) is 1.64. The number of hydrogen-bond acceptors (Lipinski definition) is 4. The van der Waals surface area contributed by atoms with Crippen molar-refractivity contribution in [3.05, 3.63) is 28.0 Å². The lowest BCUT2D eigenvalue weighted by atomic mass is 10.3. The third-order valence-electron chi connectivity index (χ3n) is 1.64. The minimum Gasteiger partial charge on any atom is -0.351 e. The summed E-state index contributed by atoms with van der Waals surface area (Å²) < 4.78 is 4.76. The van der Waals surface area contributed by atoms with Crippen LogP contribution in [0.25, 0.3) is 10.4 Å². The van der Waals surface area contributed by atoms with E-state index in [9.17, 15) is 4.79 Å². The van der Waals surface area contributed by atoms with Gasteiger partial charge in [-0.05, 0) is 18.9 Å². The van der Waals surface area contributed by atoms with Gasteiger partial charge in [-0.25, -0.2) is 0 Å². The molecule has 1 aromatic rings. The molecular formula is C8H11N5O2. The van der Waals surface area contributed by atoms with Crippen LogP contribution in [-0.4, -0.2) is 24.2 Å². The molecule has 80 valence electrons. The molecule has 0 radical (unpaired) electrons. The summed E-state index contributed by atoms with van der Waals surface area (Å²) in [5, 5.41) is 9.55. The van der Waals surface area contributed by atoms with Gasteiger partial charge in [-0.15, -0.1) is 0 Å². The van der Waals surface area contributed by atoms with Gasteiger partial charge in [-0.1, -0.05) is 10.3 Å². The van der Waals surface area contributed by atoms with Gasteiger partial charge in [0.05, 0.1) is 5.69 Å². The first kappa shape index (κ1) is 11.1. The Morgan fingerprint density at radius 1 is 1.80 bits per heavy atom. The van der Waals surface area contributed by atoms with Crippen molar-refractivity contribution >= 4 is 5.91 Å². The Kier molecular flexibility index (Phi) is 4.18. The number of carbonyl (C=O) groups excluding carboxylic acids is 1. The van der Waals surface area contributed by atoms with Crippen LogP contribution in [0.3, 0.4) is 0 Å².